The number of hydrogen-bond acceptors (Lipinski definition) is 4. The minimum absolute atomic E-state index is 0.0567. The summed E-state index contributed by atoms with van der Waals surface area (Å²) in [5.74, 6) is -0.543. The number of carbonyl (C=O) groups is 1. The van der Waals surface area contributed by atoms with Gasteiger partial charge in [-0.1, -0.05) is 0 Å². The van der Waals surface area contributed by atoms with Crippen LogP contribution in [0, 0.1) is 5.82 Å². The fourth-order valence-electron chi connectivity index (χ4n) is 2.07. The van der Waals surface area contributed by atoms with E-state index in [4.69, 9.17) is 5.73 Å². The molecule has 0 radical (unpaired) electrons. The van der Waals surface area contributed by atoms with Gasteiger partial charge in [0, 0.05) is 16.1 Å². The van der Waals surface area contributed by atoms with Crippen LogP contribution in [0.25, 0.3) is 10.1 Å². The minimum atomic E-state index is -0.349. The maximum absolute atomic E-state index is 13.3. The highest BCUT2D eigenvalue weighted by atomic mass is 32.1. The first-order valence-corrected chi connectivity index (χ1v) is 7.63. The first-order valence-electron chi connectivity index (χ1n) is 6.81. The largest absolute Gasteiger partial charge is 0.397 e. The molecule has 0 fully saturated rings. The number of nitrogen functional groups attached to an aromatic ring is 1. The average molecular weight is 309 g/mol. The van der Waals surface area contributed by atoms with Gasteiger partial charge in [0.15, 0.2) is 0 Å². The molecule has 1 atom stereocenters. The zero-order valence-electron chi connectivity index (χ0n) is 12.4. The fourth-order valence-corrected chi connectivity index (χ4v) is 3.08. The maximum Gasteiger partial charge on any atom is 0.263 e. The molecule has 1 aromatic heterocycles. The number of halogens is 1. The van der Waals surface area contributed by atoms with Crippen molar-refractivity contribution in [2.45, 2.75) is 19.4 Å². The van der Waals surface area contributed by atoms with Crippen LogP contribution >= 0.6 is 11.3 Å². The molecule has 1 amide bonds. The molecule has 0 saturated heterocycles. The zero-order chi connectivity index (χ0) is 15.6. The van der Waals surface area contributed by atoms with E-state index in [9.17, 15) is 9.18 Å². The Hall–Kier alpha value is -1.66. The molecule has 0 bridgehead atoms. The number of benzene rings is 1. The predicted molar refractivity (Wildman–Crippen MR) is 86.3 cm³/mol. The molecule has 21 heavy (non-hydrogen) atoms. The van der Waals surface area contributed by atoms with E-state index in [1.807, 2.05) is 21.0 Å². The van der Waals surface area contributed by atoms with Crippen LogP contribution in [-0.2, 0) is 0 Å². The van der Waals surface area contributed by atoms with Gasteiger partial charge in [-0.3, -0.25) is 4.79 Å². The van der Waals surface area contributed by atoms with Gasteiger partial charge < -0.3 is 16.0 Å². The quantitative estimate of drug-likeness (QED) is 0.893. The topological polar surface area (TPSA) is 58.4 Å². The Kier molecular flexibility index (Phi) is 4.80. The van der Waals surface area contributed by atoms with Crippen molar-refractivity contribution in [3.63, 3.8) is 0 Å². The smallest absolute Gasteiger partial charge is 0.263 e. The van der Waals surface area contributed by atoms with Crippen LogP contribution in [-0.4, -0.2) is 37.5 Å². The molecule has 1 unspecified atom stereocenters. The molecule has 0 aliphatic rings. The Morgan fingerprint density at radius 1 is 1.48 bits per heavy atom. The van der Waals surface area contributed by atoms with E-state index in [-0.39, 0.29) is 17.8 Å². The van der Waals surface area contributed by atoms with Crippen molar-refractivity contribution in [1.29, 1.82) is 0 Å². The van der Waals surface area contributed by atoms with Crippen LogP contribution in [0.5, 0.6) is 0 Å². The van der Waals surface area contributed by atoms with Crippen LogP contribution in [0.2, 0.25) is 0 Å². The number of nitrogens with zero attached hydrogens (tertiary/aromatic N) is 1. The molecule has 6 heteroatoms. The predicted octanol–water partition coefficient (Wildman–Crippen LogP) is 2.69. The van der Waals surface area contributed by atoms with E-state index < -0.39 is 0 Å². The van der Waals surface area contributed by atoms with E-state index in [2.05, 4.69) is 10.2 Å². The summed E-state index contributed by atoms with van der Waals surface area (Å²) in [4.78, 5) is 14.8. The number of thiophene rings is 1. The normalized spacial score (nSPS) is 12.8. The van der Waals surface area contributed by atoms with E-state index in [1.165, 1.54) is 23.5 Å². The van der Waals surface area contributed by atoms with Gasteiger partial charge in [0.2, 0.25) is 0 Å². The third kappa shape index (κ3) is 3.71. The second-order valence-electron chi connectivity index (χ2n) is 5.45. The third-order valence-electron chi connectivity index (χ3n) is 3.28. The van der Waals surface area contributed by atoms with E-state index in [1.54, 1.807) is 6.07 Å². The number of nitrogens with two attached hydrogens (primary N) is 1. The van der Waals surface area contributed by atoms with Crippen molar-refractivity contribution in [2.24, 2.45) is 0 Å². The van der Waals surface area contributed by atoms with Crippen LogP contribution in [0.3, 0.4) is 0 Å². The molecule has 2 rings (SSSR count). The first kappa shape index (κ1) is 15.7. The Morgan fingerprint density at radius 3 is 2.86 bits per heavy atom. The number of carbonyl (C=O) groups excluding carboxylic acids is 1. The van der Waals surface area contributed by atoms with Crippen LogP contribution in [0.15, 0.2) is 18.2 Å². The molecule has 2 aromatic rings. The first-order chi connectivity index (χ1) is 9.88. The monoisotopic (exact) mass is 309 g/mol. The highest BCUT2D eigenvalue weighted by Gasteiger charge is 2.18. The van der Waals surface area contributed by atoms with Gasteiger partial charge in [-0.25, -0.2) is 4.39 Å². The molecular formula is C15H20FN3OS. The summed E-state index contributed by atoms with van der Waals surface area (Å²) in [5, 5.41) is 3.54. The second kappa shape index (κ2) is 6.41. The average Bonchev–Trinajstić information content (AvgIpc) is 2.74. The lowest BCUT2D eigenvalue weighted by atomic mass is 10.2. The highest BCUT2D eigenvalue weighted by molar-refractivity contribution is 7.21. The lowest BCUT2D eigenvalue weighted by molar-refractivity contribution is 0.0941. The molecule has 0 aliphatic heterocycles. The summed E-state index contributed by atoms with van der Waals surface area (Å²) in [6, 6.07) is 4.45. The third-order valence-corrected chi connectivity index (χ3v) is 4.47. The Balaban J connectivity index is 2.14. The van der Waals surface area contributed by atoms with Crippen LogP contribution in [0.4, 0.5) is 10.1 Å². The number of anilines is 1. The summed E-state index contributed by atoms with van der Waals surface area (Å²) in [6.07, 6.45) is 0.859. The van der Waals surface area contributed by atoms with Gasteiger partial charge in [-0.2, -0.15) is 0 Å². The van der Waals surface area contributed by atoms with Gasteiger partial charge in [-0.15, -0.1) is 11.3 Å². The molecule has 114 valence electrons. The molecule has 3 N–H and O–H groups in total. The number of nitrogens with one attached hydrogen (secondary N) is 1. The zero-order valence-corrected chi connectivity index (χ0v) is 13.3. The van der Waals surface area contributed by atoms with E-state index in [0.717, 1.165) is 17.7 Å². The summed E-state index contributed by atoms with van der Waals surface area (Å²) >= 11 is 1.29. The molecule has 1 aromatic carbocycles. The van der Waals surface area contributed by atoms with Gasteiger partial charge in [0.25, 0.3) is 5.91 Å². The SMILES string of the molecule is CC(CCN(C)C)NC(=O)c1sc2ccc(F)cc2c1N. The minimum Gasteiger partial charge on any atom is -0.397 e. The lowest BCUT2D eigenvalue weighted by Crippen LogP contribution is -2.34. The number of fused-ring (bicyclic) bond motifs is 1. The number of hydrogen-bond donors (Lipinski definition) is 2. The lowest BCUT2D eigenvalue weighted by Gasteiger charge is -2.16. The molecule has 1 heterocycles. The standard InChI is InChI=1S/C15H20FN3OS/c1-9(6-7-19(2)3)18-15(20)14-13(17)11-8-10(16)4-5-12(11)21-14/h4-5,8-9H,6-7,17H2,1-3H3,(H,18,20). The summed E-state index contributed by atoms with van der Waals surface area (Å²) in [6.45, 7) is 2.86. The number of amides is 1. The van der Waals surface area contributed by atoms with Gasteiger partial charge in [0.1, 0.15) is 10.7 Å². The van der Waals surface area contributed by atoms with Crippen LogP contribution in [0.1, 0.15) is 23.0 Å². The van der Waals surface area contributed by atoms with Crippen LogP contribution < -0.4 is 11.1 Å². The van der Waals surface area contributed by atoms with Crippen molar-refractivity contribution in [3.8, 4) is 0 Å². The van der Waals surface area contributed by atoms with Crippen molar-refractivity contribution >= 4 is 33.0 Å². The van der Waals surface area contributed by atoms with E-state index >= 15 is 0 Å². The molecule has 0 saturated carbocycles. The van der Waals surface area contributed by atoms with Gasteiger partial charge in [-0.05, 0) is 52.2 Å². The molecule has 0 aliphatic carbocycles. The maximum atomic E-state index is 13.3. The summed E-state index contributed by atoms with van der Waals surface area (Å²) in [7, 11) is 3.99. The fraction of sp³-hybridized carbons (Fsp3) is 0.400. The Labute approximate surface area is 127 Å². The van der Waals surface area contributed by atoms with Crippen molar-refractivity contribution in [3.05, 3.63) is 28.9 Å². The number of rotatable bonds is 5. The van der Waals surface area contributed by atoms with Crippen molar-refractivity contribution in [1.82, 2.24) is 10.2 Å². The second-order valence-corrected chi connectivity index (χ2v) is 6.50. The Morgan fingerprint density at radius 2 is 2.19 bits per heavy atom. The Bertz CT molecular complexity index is 654. The van der Waals surface area contributed by atoms with Crippen molar-refractivity contribution < 1.29 is 9.18 Å². The summed E-state index contributed by atoms with van der Waals surface area (Å²) < 4.78 is 14.1. The van der Waals surface area contributed by atoms with Crippen molar-refractivity contribution in [2.75, 3.05) is 26.4 Å². The van der Waals surface area contributed by atoms with E-state index in [0.29, 0.717) is 16.0 Å². The highest BCUT2D eigenvalue weighted by Crippen LogP contribution is 2.34. The molecule has 4 nitrogen and oxygen atoms in total. The van der Waals surface area contributed by atoms with Gasteiger partial charge >= 0.3 is 0 Å². The van der Waals surface area contributed by atoms with Gasteiger partial charge in [0.05, 0.1) is 5.69 Å². The summed E-state index contributed by atoms with van der Waals surface area (Å²) in [5.41, 5.74) is 6.33. The molecule has 0 spiro atoms. The molecular weight excluding hydrogens is 289 g/mol.